The highest BCUT2D eigenvalue weighted by atomic mass is 127. The molecule has 0 saturated carbocycles. The summed E-state index contributed by atoms with van der Waals surface area (Å²) in [5, 5.41) is 6.40. The van der Waals surface area contributed by atoms with Crippen LogP contribution in [0.4, 0.5) is 4.39 Å². The van der Waals surface area contributed by atoms with Crippen LogP contribution in [0, 0.1) is 5.82 Å². The number of aliphatic imine (C=N–C) groups is 1. The molecule has 0 aliphatic carbocycles. The van der Waals surface area contributed by atoms with Crippen molar-refractivity contribution < 1.29 is 18.7 Å². The Morgan fingerprint density at radius 2 is 1.90 bits per heavy atom. The molecule has 2 aromatic rings. The number of esters is 1. The first-order chi connectivity index (χ1) is 13.6. The van der Waals surface area contributed by atoms with E-state index in [2.05, 4.69) is 15.6 Å². The number of carbonyl (C=O) groups is 1. The molecule has 0 atom stereocenters. The molecule has 8 heteroatoms. The van der Waals surface area contributed by atoms with E-state index in [0.29, 0.717) is 43.3 Å². The molecule has 2 aromatic carbocycles. The summed E-state index contributed by atoms with van der Waals surface area (Å²) in [7, 11) is 2.84. The van der Waals surface area contributed by atoms with E-state index in [9.17, 15) is 9.18 Å². The van der Waals surface area contributed by atoms with Crippen LogP contribution in [-0.2, 0) is 17.7 Å². The van der Waals surface area contributed by atoms with Crippen molar-refractivity contribution >= 4 is 35.9 Å². The fourth-order valence-corrected chi connectivity index (χ4v) is 2.65. The summed E-state index contributed by atoms with van der Waals surface area (Å²) in [6, 6.07) is 11.8. The zero-order chi connectivity index (χ0) is 20.4. The summed E-state index contributed by atoms with van der Waals surface area (Å²) in [5.41, 5.74) is 2.13. The van der Waals surface area contributed by atoms with Crippen molar-refractivity contribution in [2.24, 2.45) is 4.99 Å². The monoisotopic (exact) mass is 515 g/mol. The van der Waals surface area contributed by atoms with Crippen LogP contribution >= 0.6 is 24.0 Å². The third-order valence-electron chi connectivity index (χ3n) is 4.03. The second kappa shape index (κ2) is 13.0. The molecule has 158 valence electrons. The van der Waals surface area contributed by atoms with Gasteiger partial charge in [0.25, 0.3) is 0 Å². The lowest BCUT2D eigenvalue weighted by Gasteiger charge is -2.12. The molecule has 0 amide bonds. The second-order valence-corrected chi connectivity index (χ2v) is 6.03. The number of hydrogen-bond acceptors (Lipinski definition) is 4. The maximum absolute atomic E-state index is 13.3. The Balaban J connectivity index is 0.00000420. The molecule has 0 spiro atoms. The molecule has 0 heterocycles. The van der Waals surface area contributed by atoms with Crippen LogP contribution in [0.15, 0.2) is 47.5 Å². The van der Waals surface area contributed by atoms with Gasteiger partial charge in [-0.2, -0.15) is 0 Å². The van der Waals surface area contributed by atoms with Crippen LogP contribution in [-0.4, -0.2) is 39.2 Å². The highest BCUT2D eigenvalue weighted by Crippen LogP contribution is 2.21. The van der Waals surface area contributed by atoms with Crippen molar-refractivity contribution in [2.75, 3.05) is 27.3 Å². The van der Waals surface area contributed by atoms with E-state index >= 15 is 0 Å². The summed E-state index contributed by atoms with van der Waals surface area (Å²) in [4.78, 5) is 16.4. The van der Waals surface area contributed by atoms with Gasteiger partial charge in [0.1, 0.15) is 17.1 Å². The molecule has 0 aliphatic rings. The van der Waals surface area contributed by atoms with Crippen molar-refractivity contribution in [2.45, 2.75) is 19.9 Å². The van der Waals surface area contributed by atoms with Gasteiger partial charge in [0.05, 0.1) is 20.8 Å². The molecule has 2 rings (SSSR count). The van der Waals surface area contributed by atoms with Crippen molar-refractivity contribution in [3.8, 4) is 5.75 Å². The van der Waals surface area contributed by atoms with E-state index < -0.39 is 5.97 Å². The summed E-state index contributed by atoms with van der Waals surface area (Å²) < 4.78 is 23.3. The molecule has 0 unspecified atom stereocenters. The minimum atomic E-state index is -0.456. The molecule has 29 heavy (non-hydrogen) atoms. The summed E-state index contributed by atoms with van der Waals surface area (Å²) >= 11 is 0. The van der Waals surface area contributed by atoms with Gasteiger partial charge in [-0.25, -0.2) is 14.2 Å². The van der Waals surface area contributed by atoms with Gasteiger partial charge in [-0.1, -0.05) is 18.2 Å². The first kappa shape index (κ1) is 24.7. The Kier molecular flexibility index (Phi) is 11.0. The van der Waals surface area contributed by atoms with Gasteiger partial charge in [0, 0.05) is 13.1 Å². The Labute approximate surface area is 187 Å². The first-order valence-corrected chi connectivity index (χ1v) is 9.09. The number of halogens is 2. The van der Waals surface area contributed by atoms with Gasteiger partial charge in [-0.3, -0.25) is 0 Å². The molecule has 0 bridgehead atoms. The predicted octanol–water partition coefficient (Wildman–Crippen LogP) is 3.54. The molecule has 0 radical (unpaired) electrons. The Bertz CT molecular complexity index is 831. The molecule has 0 aromatic heterocycles. The zero-order valence-corrected chi connectivity index (χ0v) is 19.2. The maximum Gasteiger partial charge on any atom is 0.341 e. The fraction of sp³-hybridized carbons (Fsp3) is 0.333. The predicted molar refractivity (Wildman–Crippen MR) is 123 cm³/mol. The number of nitrogens with zero attached hydrogens (tertiary/aromatic N) is 1. The smallest absolute Gasteiger partial charge is 0.341 e. The maximum atomic E-state index is 13.3. The third kappa shape index (κ3) is 7.88. The van der Waals surface area contributed by atoms with Gasteiger partial charge in [-0.15, -0.1) is 24.0 Å². The van der Waals surface area contributed by atoms with Crippen LogP contribution in [0.3, 0.4) is 0 Å². The normalized spacial score (nSPS) is 10.7. The fourth-order valence-electron chi connectivity index (χ4n) is 2.65. The zero-order valence-electron chi connectivity index (χ0n) is 16.8. The highest BCUT2D eigenvalue weighted by molar-refractivity contribution is 14.0. The van der Waals surface area contributed by atoms with E-state index in [-0.39, 0.29) is 29.8 Å². The van der Waals surface area contributed by atoms with E-state index in [1.807, 2.05) is 19.1 Å². The number of methoxy groups -OCH3 is 2. The molecular formula is C21H27FIN3O3. The van der Waals surface area contributed by atoms with Gasteiger partial charge >= 0.3 is 5.97 Å². The Morgan fingerprint density at radius 1 is 1.10 bits per heavy atom. The van der Waals surface area contributed by atoms with Gasteiger partial charge in [0.2, 0.25) is 0 Å². The van der Waals surface area contributed by atoms with Crippen molar-refractivity contribution in [1.29, 1.82) is 0 Å². The molecule has 2 N–H and O–H groups in total. The van der Waals surface area contributed by atoms with E-state index in [0.717, 1.165) is 11.1 Å². The number of hydrogen-bond donors (Lipinski definition) is 2. The topological polar surface area (TPSA) is 72.0 Å². The molecular weight excluding hydrogens is 488 g/mol. The largest absolute Gasteiger partial charge is 0.496 e. The number of rotatable bonds is 8. The lowest BCUT2D eigenvalue weighted by atomic mass is 10.1. The molecule has 6 nitrogen and oxygen atoms in total. The quantitative estimate of drug-likeness (QED) is 0.244. The molecule has 0 fully saturated rings. The number of nitrogens with one attached hydrogen (secondary N) is 2. The van der Waals surface area contributed by atoms with E-state index in [4.69, 9.17) is 9.47 Å². The molecule has 0 aliphatic heterocycles. The first-order valence-electron chi connectivity index (χ1n) is 9.09. The van der Waals surface area contributed by atoms with Crippen LogP contribution in [0.2, 0.25) is 0 Å². The lowest BCUT2D eigenvalue weighted by Crippen LogP contribution is -2.38. The van der Waals surface area contributed by atoms with Crippen LogP contribution in [0.5, 0.6) is 5.75 Å². The number of ether oxygens (including phenoxy) is 2. The summed E-state index contributed by atoms with van der Waals surface area (Å²) in [6.07, 6.45) is 0.678. The number of guanidine groups is 1. The van der Waals surface area contributed by atoms with Gasteiger partial charge < -0.3 is 20.1 Å². The van der Waals surface area contributed by atoms with Gasteiger partial charge in [0.15, 0.2) is 5.96 Å². The van der Waals surface area contributed by atoms with Crippen LogP contribution < -0.4 is 15.4 Å². The number of benzene rings is 2. The average molecular weight is 515 g/mol. The summed E-state index contributed by atoms with van der Waals surface area (Å²) in [5.74, 6) is 0.413. The van der Waals surface area contributed by atoms with Crippen LogP contribution in [0.1, 0.15) is 28.4 Å². The van der Waals surface area contributed by atoms with Crippen molar-refractivity contribution in [3.05, 3.63) is 65.0 Å². The SMILES string of the molecule is CCNC(=NCc1ccc(OC)c(C(=O)OC)c1)NCCc1cccc(F)c1.I. The lowest BCUT2D eigenvalue weighted by molar-refractivity contribution is 0.0597. The van der Waals surface area contributed by atoms with Crippen LogP contribution in [0.25, 0.3) is 0 Å². The van der Waals surface area contributed by atoms with Gasteiger partial charge in [-0.05, 0) is 48.7 Å². The van der Waals surface area contributed by atoms with Crippen molar-refractivity contribution in [3.63, 3.8) is 0 Å². The standard InChI is InChI=1S/C21H26FN3O3.HI/c1-4-23-21(24-11-10-15-6-5-7-17(22)12-15)25-14-16-8-9-19(27-2)18(13-16)20(26)28-3;/h5-9,12-13H,4,10-11,14H2,1-3H3,(H2,23,24,25);1H. The molecule has 0 saturated heterocycles. The number of carbonyl (C=O) groups excluding carboxylic acids is 1. The minimum Gasteiger partial charge on any atom is -0.496 e. The highest BCUT2D eigenvalue weighted by Gasteiger charge is 2.13. The minimum absolute atomic E-state index is 0. The third-order valence-corrected chi connectivity index (χ3v) is 4.03. The van der Waals surface area contributed by atoms with E-state index in [1.165, 1.54) is 26.4 Å². The summed E-state index contributed by atoms with van der Waals surface area (Å²) in [6.45, 7) is 3.68. The average Bonchev–Trinajstić information content (AvgIpc) is 2.71. The Hall–Kier alpha value is -2.36. The second-order valence-electron chi connectivity index (χ2n) is 6.03. The van der Waals surface area contributed by atoms with E-state index in [1.54, 1.807) is 18.2 Å². The van der Waals surface area contributed by atoms with Crippen molar-refractivity contribution in [1.82, 2.24) is 10.6 Å². The Morgan fingerprint density at radius 3 is 2.55 bits per heavy atom.